The van der Waals surface area contributed by atoms with E-state index in [-0.39, 0.29) is 12.1 Å². The van der Waals surface area contributed by atoms with Crippen molar-refractivity contribution in [2.45, 2.75) is 26.5 Å². The molecule has 1 heterocycles. The zero-order valence-electron chi connectivity index (χ0n) is 10.5. The zero-order chi connectivity index (χ0) is 14.2. The molecule has 3 nitrogen and oxygen atoms in total. The van der Waals surface area contributed by atoms with Gasteiger partial charge in [0.25, 0.3) is 0 Å². The topological polar surface area (TPSA) is 38.0 Å². The monoisotopic (exact) mass is 330 g/mol. The van der Waals surface area contributed by atoms with Crippen LogP contribution in [0.1, 0.15) is 23.1 Å². The molecule has 1 atom stereocenters. The van der Waals surface area contributed by atoms with E-state index >= 15 is 0 Å². The first-order valence-electron chi connectivity index (χ1n) is 5.72. The molecule has 2 aromatic rings. The SMILES string of the molecule is Cc1nn(CC(O)c2ccc(F)cc2F)c(C)c1Br. The third-order valence-electron chi connectivity index (χ3n) is 2.96. The first-order chi connectivity index (χ1) is 8.90. The predicted octanol–water partition coefficient (Wildman–Crippen LogP) is 3.27. The van der Waals surface area contributed by atoms with Crippen LogP contribution in [-0.4, -0.2) is 14.9 Å². The Labute approximate surface area is 118 Å². The molecule has 1 aromatic carbocycles. The van der Waals surface area contributed by atoms with Gasteiger partial charge in [0, 0.05) is 17.3 Å². The summed E-state index contributed by atoms with van der Waals surface area (Å²) in [5.41, 5.74) is 1.70. The van der Waals surface area contributed by atoms with Gasteiger partial charge in [-0.15, -0.1) is 0 Å². The van der Waals surface area contributed by atoms with Crippen molar-refractivity contribution in [2.75, 3.05) is 0 Å². The van der Waals surface area contributed by atoms with Crippen molar-refractivity contribution in [3.8, 4) is 0 Å². The summed E-state index contributed by atoms with van der Waals surface area (Å²) in [5.74, 6) is -1.42. The van der Waals surface area contributed by atoms with Gasteiger partial charge in [-0.05, 0) is 35.8 Å². The molecule has 0 saturated carbocycles. The fraction of sp³-hybridized carbons (Fsp3) is 0.308. The summed E-state index contributed by atoms with van der Waals surface area (Å²) in [6.07, 6.45) is -1.08. The summed E-state index contributed by atoms with van der Waals surface area (Å²) in [6, 6.07) is 3.13. The lowest BCUT2D eigenvalue weighted by atomic mass is 10.1. The lowest BCUT2D eigenvalue weighted by molar-refractivity contribution is 0.146. The fourth-order valence-electron chi connectivity index (χ4n) is 1.89. The van der Waals surface area contributed by atoms with Gasteiger partial charge in [0.2, 0.25) is 0 Å². The molecule has 19 heavy (non-hydrogen) atoms. The lowest BCUT2D eigenvalue weighted by Gasteiger charge is -2.13. The Morgan fingerprint density at radius 3 is 2.58 bits per heavy atom. The van der Waals surface area contributed by atoms with E-state index < -0.39 is 17.7 Å². The number of aliphatic hydroxyl groups is 1. The summed E-state index contributed by atoms with van der Waals surface area (Å²) in [6.45, 7) is 3.79. The molecule has 0 bridgehead atoms. The summed E-state index contributed by atoms with van der Waals surface area (Å²) >= 11 is 3.38. The number of aromatic nitrogens is 2. The third-order valence-corrected chi connectivity index (χ3v) is 4.11. The van der Waals surface area contributed by atoms with Crippen molar-refractivity contribution in [1.29, 1.82) is 0 Å². The van der Waals surface area contributed by atoms with Gasteiger partial charge in [0.15, 0.2) is 0 Å². The van der Waals surface area contributed by atoms with E-state index in [0.717, 1.165) is 28.0 Å². The Hall–Kier alpha value is -1.27. The van der Waals surface area contributed by atoms with Crippen LogP contribution in [0.25, 0.3) is 0 Å². The highest BCUT2D eigenvalue weighted by molar-refractivity contribution is 9.10. The van der Waals surface area contributed by atoms with E-state index in [4.69, 9.17) is 0 Å². The van der Waals surface area contributed by atoms with Gasteiger partial charge >= 0.3 is 0 Å². The third kappa shape index (κ3) is 2.84. The fourth-order valence-corrected chi connectivity index (χ4v) is 2.17. The minimum Gasteiger partial charge on any atom is -0.386 e. The second-order valence-electron chi connectivity index (χ2n) is 4.35. The number of nitrogens with zero attached hydrogens (tertiary/aromatic N) is 2. The van der Waals surface area contributed by atoms with Crippen LogP contribution in [-0.2, 0) is 6.54 Å². The highest BCUT2D eigenvalue weighted by Crippen LogP contribution is 2.24. The molecule has 1 aromatic heterocycles. The second-order valence-corrected chi connectivity index (χ2v) is 5.14. The Morgan fingerprint density at radius 1 is 1.37 bits per heavy atom. The molecule has 102 valence electrons. The largest absolute Gasteiger partial charge is 0.386 e. The summed E-state index contributed by atoms with van der Waals surface area (Å²) in [4.78, 5) is 0. The van der Waals surface area contributed by atoms with Crippen molar-refractivity contribution in [2.24, 2.45) is 0 Å². The molecular weight excluding hydrogens is 318 g/mol. The number of rotatable bonds is 3. The van der Waals surface area contributed by atoms with E-state index in [9.17, 15) is 13.9 Å². The van der Waals surface area contributed by atoms with Crippen LogP contribution in [0.3, 0.4) is 0 Å². The first-order valence-corrected chi connectivity index (χ1v) is 6.52. The van der Waals surface area contributed by atoms with E-state index in [0.29, 0.717) is 0 Å². The molecule has 0 fully saturated rings. The van der Waals surface area contributed by atoms with Crippen LogP contribution in [0.15, 0.2) is 22.7 Å². The van der Waals surface area contributed by atoms with Crippen molar-refractivity contribution >= 4 is 15.9 Å². The Balaban J connectivity index is 2.25. The number of benzene rings is 1. The maximum absolute atomic E-state index is 13.5. The van der Waals surface area contributed by atoms with Gasteiger partial charge in [0.1, 0.15) is 17.7 Å². The van der Waals surface area contributed by atoms with E-state index in [1.54, 1.807) is 4.68 Å². The van der Waals surface area contributed by atoms with Crippen LogP contribution in [0.2, 0.25) is 0 Å². The molecule has 0 radical (unpaired) electrons. The smallest absolute Gasteiger partial charge is 0.131 e. The zero-order valence-corrected chi connectivity index (χ0v) is 12.1. The number of halogens is 3. The van der Waals surface area contributed by atoms with Crippen LogP contribution in [0, 0.1) is 25.5 Å². The molecular formula is C13H13BrF2N2O. The minimum atomic E-state index is -1.08. The van der Waals surface area contributed by atoms with E-state index in [1.165, 1.54) is 6.07 Å². The summed E-state index contributed by atoms with van der Waals surface area (Å²) in [7, 11) is 0. The normalized spacial score (nSPS) is 12.7. The molecule has 0 spiro atoms. The molecule has 6 heteroatoms. The maximum Gasteiger partial charge on any atom is 0.131 e. The van der Waals surface area contributed by atoms with Crippen molar-refractivity contribution in [1.82, 2.24) is 9.78 Å². The average Bonchev–Trinajstić information content (AvgIpc) is 2.57. The highest BCUT2D eigenvalue weighted by Gasteiger charge is 2.17. The summed E-state index contributed by atoms with van der Waals surface area (Å²) in [5, 5.41) is 14.3. The van der Waals surface area contributed by atoms with Gasteiger partial charge in [-0.3, -0.25) is 4.68 Å². The molecule has 0 aliphatic heterocycles. The molecule has 0 saturated heterocycles. The highest BCUT2D eigenvalue weighted by atomic mass is 79.9. The number of aryl methyl sites for hydroxylation is 1. The molecule has 2 rings (SSSR count). The molecule has 1 N–H and O–H groups in total. The number of hydrogen-bond acceptors (Lipinski definition) is 2. The van der Waals surface area contributed by atoms with Crippen molar-refractivity contribution in [3.63, 3.8) is 0 Å². The Bertz CT molecular complexity index is 613. The Kier molecular flexibility index (Phi) is 4.01. The number of hydrogen-bond donors (Lipinski definition) is 1. The quantitative estimate of drug-likeness (QED) is 0.937. The van der Waals surface area contributed by atoms with Crippen LogP contribution in [0.5, 0.6) is 0 Å². The first kappa shape index (κ1) is 14.1. The van der Waals surface area contributed by atoms with Crippen molar-refractivity contribution in [3.05, 3.63) is 51.3 Å². The minimum absolute atomic E-state index is 0.0603. The molecule has 0 aliphatic carbocycles. The van der Waals surface area contributed by atoms with Gasteiger partial charge < -0.3 is 5.11 Å². The van der Waals surface area contributed by atoms with E-state index in [2.05, 4.69) is 21.0 Å². The van der Waals surface area contributed by atoms with Crippen molar-refractivity contribution < 1.29 is 13.9 Å². The molecule has 0 aliphatic rings. The molecule has 0 amide bonds. The molecule has 1 unspecified atom stereocenters. The van der Waals surface area contributed by atoms with Gasteiger partial charge in [0.05, 0.1) is 16.7 Å². The maximum atomic E-state index is 13.5. The number of aliphatic hydroxyl groups excluding tert-OH is 1. The lowest BCUT2D eigenvalue weighted by Crippen LogP contribution is -2.13. The Morgan fingerprint density at radius 2 is 2.05 bits per heavy atom. The van der Waals surface area contributed by atoms with Crippen LogP contribution in [0.4, 0.5) is 8.78 Å². The summed E-state index contributed by atoms with van der Waals surface area (Å²) < 4.78 is 28.8. The van der Waals surface area contributed by atoms with Gasteiger partial charge in [-0.2, -0.15) is 5.10 Å². The van der Waals surface area contributed by atoms with Crippen LogP contribution < -0.4 is 0 Å². The van der Waals surface area contributed by atoms with Gasteiger partial charge in [-0.1, -0.05) is 6.07 Å². The average molecular weight is 331 g/mol. The standard InChI is InChI=1S/C13H13BrF2N2O/c1-7-13(14)8(2)18(17-7)6-12(19)10-4-3-9(15)5-11(10)16/h3-5,12,19H,6H2,1-2H3. The van der Waals surface area contributed by atoms with Crippen LogP contribution >= 0.6 is 15.9 Å². The van der Waals surface area contributed by atoms with Gasteiger partial charge in [-0.25, -0.2) is 8.78 Å². The van der Waals surface area contributed by atoms with E-state index in [1.807, 2.05) is 13.8 Å². The predicted molar refractivity (Wildman–Crippen MR) is 70.7 cm³/mol. The second kappa shape index (κ2) is 5.38.